The fraction of sp³-hybridized carbons (Fsp3) is 0. The molecule has 0 atom stereocenters. The first-order valence-electron chi connectivity index (χ1n) is 18.5. The molecule has 0 saturated heterocycles. The highest BCUT2D eigenvalue weighted by atomic mass is 16.3. The second-order valence-corrected chi connectivity index (χ2v) is 14.1. The van der Waals surface area contributed by atoms with Crippen molar-refractivity contribution in [1.29, 1.82) is 0 Å². The molecule has 0 saturated carbocycles. The van der Waals surface area contributed by atoms with Gasteiger partial charge in [0, 0.05) is 22.1 Å². The zero-order valence-electron chi connectivity index (χ0n) is 29.4. The Morgan fingerprint density at radius 3 is 1.56 bits per heavy atom. The van der Waals surface area contributed by atoms with Crippen LogP contribution in [0.4, 0.5) is 17.1 Å². The lowest BCUT2D eigenvalue weighted by atomic mass is 9.92. The van der Waals surface area contributed by atoms with Crippen LogP contribution in [0.25, 0.3) is 87.3 Å². The lowest BCUT2D eigenvalue weighted by molar-refractivity contribution is 0.669. The maximum absolute atomic E-state index is 6.57. The number of furan rings is 1. The Labute approximate surface area is 312 Å². The predicted molar refractivity (Wildman–Crippen MR) is 229 cm³/mol. The maximum Gasteiger partial charge on any atom is 0.159 e. The Hall–Kier alpha value is -7.16. The molecule has 11 rings (SSSR count). The largest absolute Gasteiger partial charge is 0.454 e. The summed E-state index contributed by atoms with van der Waals surface area (Å²) in [7, 11) is 0. The molecule has 0 aliphatic rings. The first-order chi connectivity index (χ1) is 26.8. The first kappa shape index (κ1) is 30.5. The molecule has 252 valence electrons. The van der Waals surface area contributed by atoms with Gasteiger partial charge in [-0.1, -0.05) is 158 Å². The highest BCUT2D eigenvalue weighted by Gasteiger charge is 2.20. The minimum absolute atomic E-state index is 0.872. The van der Waals surface area contributed by atoms with E-state index < -0.39 is 0 Å². The molecule has 0 fully saturated rings. The van der Waals surface area contributed by atoms with Crippen LogP contribution in [0.2, 0.25) is 0 Å². The van der Waals surface area contributed by atoms with E-state index in [4.69, 9.17) is 4.42 Å². The van der Waals surface area contributed by atoms with Crippen molar-refractivity contribution < 1.29 is 4.42 Å². The second kappa shape index (κ2) is 12.2. The molecule has 0 aliphatic heterocycles. The van der Waals surface area contributed by atoms with Gasteiger partial charge in [-0.25, -0.2) is 0 Å². The van der Waals surface area contributed by atoms with E-state index >= 15 is 0 Å². The molecule has 0 radical (unpaired) electrons. The summed E-state index contributed by atoms with van der Waals surface area (Å²) >= 11 is 0. The van der Waals surface area contributed by atoms with Crippen molar-refractivity contribution in [3.05, 3.63) is 200 Å². The van der Waals surface area contributed by atoms with Gasteiger partial charge in [0.15, 0.2) is 5.58 Å². The molecular formula is C52H33NO. The van der Waals surface area contributed by atoms with Crippen molar-refractivity contribution in [2.75, 3.05) is 4.90 Å². The van der Waals surface area contributed by atoms with Crippen LogP contribution in [-0.4, -0.2) is 0 Å². The normalized spacial score (nSPS) is 11.7. The molecule has 0 aliphatic carbocycles. The van der Waals surface area contributed by atoms with E-state index in [1.165, 1.54) is 65.3 Å². The van der Waals surface area contributed by atoms with Gasteiger partial charge in [-0.2, -0.15) is 0 Å². The number of nitrogens with zero attached hydrogens (tertiary/aromatic N) is 1. The standard InChI is InChI=1S/C52H33NO/c1-2-9-34(10-3-1)35-23-28-42(29-24-35)53(48-15-8-14-47-46-13-6-7-16-49(46)54-52(47)48)43-30-25-36(26-31-43)40-27-32-45-41(33-40)22-21-39-20-19-38-18-17-37-11-4-5-12-44(37)50(38)51(39)45/h1-33H. The summed E-state index contributed by atoms with van der Waals surface area (Å²) in [4.78, 5) is 2.31. The van der Waals surface area contributed by atoms with Crippen molar-refractivity contribution in [3.8, 4) is 22.3 Å². The summed E-state index contributed by atoms with van der Waals surface area (Å²) in [5.41, 5.74) is 9.63. The average Bonchev–Trinajstić information content (AvgIpc) is 3.63. The first-order valence-corrected chi connectivity index (χ1v) is 18.5. The highest BCUT2D eigenvalue weighted by Crippen LogP contribution is 2.43. The van der Waals surface area contributed by atoms with E-state index in [2.05, 4.69) is 193 Å². The fourth-order valence-corrected chi connectivity index (χ4v) is 8.40. The van der Waals surface area contributed by atoms with Crippen LogP contribution in [0.5, 0.6) is 0 Å². The summed E-state index contributed by atoms with van der Waals surface area (Å²) in [6.45, 7) is 0. The molecule has 0 amide bonds. The van der Waals surface area contributed by atoms with E-state index in [1.807, 2.05) is 12.1 Å². The third kappa shape index (κ3) is 4.88. The Morgan fingerprint density at radius 1 is 0.315 bits per heavy atom. The Kier molecular flexibility index (Phi) is 6.90. The molecule has 10 aromatic carbocycles. The number of para-hydroxylation sites is 2. The van der Waals surface area contributed by atoms with Crippen LogP contribution < -0.4 is 4.90 Å². The van der Waals surface area contributed by atoms with E-state index in [1.54, 1.807) is 0 Å². The number of anilines is 3. The van der Waals surface area contributed by atoms with Gasteiger partial charge in [-0.15, -0.1) is 0 Å². The van der Waals surface area contributed by atoms with Crippen molar-refractivity contribution in [2.24, 2.45) is 0 Å². The molecule has 11 aromatic rings. The summed E-state index contributed by atoms with van der Waals surface area (Å²) in [6, 6.07) is 72.2. The SMILES string of the molecule is c1ccc(-c2ccc(N(c3ccc(-c4ccc5c(ccc6ccc7ccc8ccccc8c7c65)c4)cc3)c3cccc4c3oc3ccccc34)cc2)cc1. The summed E-state index contributed by atoms with van der Waals surface area (Å²) < 4.78 is 6.57. The fourth-order valence-electron chi connectivity index (χ4n) is 8.40. The van der Waals surface area contributed by atoms with Gasteiger partial charge in [0.1, 0.15) is 5.58 Å². The molecular weight excluding hydrogens is 655 g/mol. The monoisotopic (exact) mass is 687 g/mol. The van der Waals surface area contributed by atoms with Gasteiger partial charge in [0.25, 0.3) is 0 Å². The van der Waals surface area contributed by atoms with E-state index in [0.29, 0.717) is 0 Å². The van der Waals surface area contributed by atoms with Crippen molar-refractivity contribution >= 4 is 82.1 Å². The summed E-state index contributed by atoms with van der Waals surface area (Å²) in [5.74, 6) is 0. The van der Waals surface area contributed by atoms with Crippen LogP contribution >= 0.6 is 0 Å². The van der Waals surface area contributed by atoms with Crippen LogP contribution in [0.3, 0.4) is 0 Å². The van der Waals surface area contributed by atoms with Gasteiger partial charge < -0.3 is 9.32 Å². The summed E-state index contributed by atoms with van der Waals surface area (Å²) in [6.07, 6.45) is 0. The van der Waals surface area contributed by atoms with Crippen molar-refractivity contribution in [2.45, 2.75) is 0 Å². The predicted octanol–water partition coefficient (Wildman–Crippen LogP) is 15.0. The lowest BCUT2D eigenvalue weighted by Gasteiger charge is -2.26. The topological polar surface area (TPSA) is 16.4 Å². The summed E-state index contributed by atoms with van der Waals surface area (Å²) in [5, 5.41) is 12.5. The molecule has 0 bridgehead atoms. The smallest absolute Gasteiger partial charge is 0.159 e. The molecule has 0 spiro atoms. The van der Waals surface area contributed by atoms with Crippen molar-refractivity contribution in [1.82, 2.24) is 0 Å². The Morgan fingerprint density at radius 2 is 0.833 bits per heavy atom. The van der Waals surface area contributed by atoms with Crippen LogP contribution in [-0.2, 0) is 0 Å². The van der Waals surface area contributed by atoms with Crippen LogP contribution in [0.1, 0.15) is 0 Å². The molecule has 0 N–H and O–H groups in total. The number of fused-ring (bicyclic) bond motifs is 10. The number of benzene rings is 10. The Balaban J connectivity index is 1.03. The van der Waals surface area contributed by atoms with Gasteiger partial charge in [-0.3, -0.25) is 0 Å². The third-order valence-corrected chi connectivity index (χ3v) is 11.0. The maximum atomic E-state index is 6.57. The molecule has 2 heteroatoms. The van der Waals surface area contributed by atoms with Crippen LogP contribution in [0, 0.1) is 0 Å². The second-order valence-electron chi connectivity index (χ2n) is 14.1. The molecule has 1 aromatic heterocycles. The quantitative estimate of drug-likeness (QED) is 0.168. The number of hydrogen-bond donors (Lipinski definition) is 0. The average molecular weight is 688 g/mol. The van der Waals surface area contributed by atoms with E-state index in [9.17, 15) is 0 Å². The zero-order valence-corrected chi connectivity index (χ0v) is 29.4. The third-order valence-electron chi connectivity index (χ3n) is 11.0. The minimum atomic E-state index is 0.872. The van der Waals surface area contributed by atoms with Crippen LogP contribution in [0.15, 0.2) is 205 Å². The van der Waals surface area contributed by atoms with Gasteiger partial charge in [0.2, 0.25) is 0 Å². The molecule has 1 heterocycles. The Bertz CT molecular complexity index is 3190. The molecule has 54 heavy (non-hydrogen) atoms. The van der Waals surface area contributed by atoms with Crippen molar-refractivity contribution in [3.63, 3.8) is 0 Å². The number of rotatable bonds is 5. The minimum Gasteiger partial charge on any atom is -0.454 e. The van der Waals surface area contributed by atoms with Gasteiger partial charge >= 0.3 is 0 Å². The molecule has 2 nitrogen and oxygen atoms in total. The zero-order chi connectivity index (χ0) is 35.6. The van der Waals surface area contributed by atoms with E-state index in [0.717, 1.165) is 39.0 Å². The number of hydrogen-bond acceptors (Lipinski definition) is 2. The lowest BCUT2D eigenvalue weighted by Crippen LogP contribution is -2.10. The van der Waals surface area contributed by atoms with Gasteiger partial charge in [-0.05, 0) is 108 Å². The molecule has 0 unspecified atom stereocenters. The highest BCUT2D eigenvalue weighted by molar-refractivity contribution is 6.27. The van der Waals surface area contributed by atoms with E-state index in [-0.39, 0.29) is 0 Å². The van der Waals surface area contributed by atoms with Gasteiger partial charge in [0.05, 0.1) is 5.69 Å².